The van der Waals surface area contributed by atoms with Crippen LogP contribution >= 0.6 is 11.3 Å². The third-order valence-corrected chi connectivity index (χ3v) is 3.27. The lowest BCUT2D eigenvalue weighted by Gasteiger charge is -2.01. The number of nitrogens with one attached hydrogen (secondary N) is 1. The topological polar surface area (TPSA) is 77.2 Å². The zero-order chi connectivity index (χ0) is 13.0. The minimum absolute atomic E-state index is 0.0875. The van der Waals surface area contributed by atoms with Gasteiger partial charge in [0.15, 0.2) is 5.13 Å². The van der Waals surface area contributed by atoms with Gasteiger partial charge < -0.3 is 15.8 Å². The maximum atomic E-state index is 11.6. The first-order valence-electron chi connectivity index (χ1n) is 5.72. The average Bonchev–Trinajstić information content (AvgIpc) is 2.70. The summed E-state index contributed by atoms with van der Waals surface area (Å²) in [7, 11) is 0. The molecule has 18 heavy (non-hydrogen) atoms. The number of aromatic nitrogens is 1. The van der Waals surface area contributed by atoms with E-state index in [-0.39, 0.29) is 5.91 Å². The Morgan fingerprint density at radius 3 is 3.17 bits per heavy atom. The maximum Gasteiger partial charge on any atom is 0.228 e. The van der Waals surface area contributed by atoms with E-state index in [9.17, 15) is 4.79 Å². The van der Waals surface area contributed by atoms with Crippen LogP contribution < -0.4 is 11.1 Å². The lowest BCUT2D eigenvalue weighted by Crippen LogP contribution is -2.13. The first kappa shape index (κ1) is 12.8. The Kier molecular flexibility index (Phi) is 4.11. The molecule has 1 amide bonds. The van der Waals surface area contributed by atoms with Crippen LogP contribution in [-0.4, -0.2) is 24.1 Å². The fourth-order valence-electron chi connectivity index (χ4n) is 1.49. The number of fused-ring (bicyclic) bond motifs is 1. The van der Waals surface area contributed by atoms with Crippen molar-refractivity contribution in [3.8, 4) is 0 Å². The number of nitrogen functional groups attached to an aromatic ring is 1. The highest BCUT2D eigenvalue weighted by Gasteiger charge is 2.07. The second-order valence-electron chi connectivity index (χ2n) is 3.74. The summed E-state index contributed by atoms with van der Waals surface area (Å²) in [6.45, 7) is 2.95. The van der Waals surface area contributed by atoms with Crippen LogP contribution in [0.25, 0.3) is 10.2 Å². The number of carbonyl (C=O) groups is 1. The van der Waals surface area contributed by atoms with E-state index in [1.165, 1.54) is 11.3 Å². The highest BCUT2D eigenvalue weighted by molar-refractivity contribution is 7.22. The number of thiazole rings is 1. The molecular formula is C12H15N3O2S. The van der Waals surface area contributed by atoms with Crippen LogP contribution in [0.15, 0.2) is 18.2 Å². The molecular weight excluding hydrogens is 250 g/mol. The number of carbonyl (C=O) groups excluding carboxylic acids is 1. The minimum atomic E-state index is -0.0875. The van der Waals surface area contributed by atoms with E-state index < -0.39 is 0 Å². The number of nitrogens with two attached hydrogens (primary N) is 1. The van der Waals surface area contributed by atoms with Crippen molar-refractivity contribution in [2.75, 3.05) is 24.3 Å². The number of rotatable bonds is 5. The van der Waals surface area contributed by atoms with Gasteiger partial charge >= 0.3 is 0 Å². The quantitative estimate of drug-likeness (QED) is 0.642. The van der Waals surface area contributed by atoms with Gasteiger partial charge in [0.05, 0.1) is 23.2 Å². The number of ether oxygens (including phenoxy) is 1. The second kappa shape index (κ2) is 5.79. The van der Waals surface area contributed by atoms with Crippen molar-refractivity contribution >= 4 is 38.3 Å². The predicted octanol–water partition coefficient (Wildman–Crippen LogP) is 2.24. The first-order valence-corrected chi connectivity index (χ1v) is 6.54. The second-order valence-corrected chi connectivity index (χ2v) is 4.77. The fraction of sp³-hybridized carbons (Fsp3) is 0.333. The highest BCUT2D eigenvalue weighted by Crippen LogP contribution is 2.27. The van der Waals surface area contributed by atoms with Gasteiger partial charge in [-0.1, -0.05) is 11.3 Å². The Bertz CT molecular complexity index is 553. The number of hydrogen-bond acceptors (Lipinski definition) is 5. The molecule has 0 saturated carbocycles. The molecule has 96 valence electrons. The van der Waals surface area contributed by atoms with Crippen molar-refractivity contribution in [2.45, 2.75) is 13.3 Å². The molecule has 0 spiro atoms. The van der Waals surface area contributed by atoms with E-state index in [2.05, 4.69) is 10.3 Å². The molecule has 0 atom stereocenters. The van der Waals surface area contributed by atoms with Crippen LogP contribution in [0.3, 0.4) is 0 Å². The van der Waals surface area contributed by atoms with Crippen LogP contribution in [-0.2, 0) is 9.53 Å². The largest absolute Gasteiger partial charge is 0.399 e. The van der Waals surface area contributed by atoms with Gasteiger partial charge in [-0.15, -0.1) is 0 Å². The van der Waals surface area contributed by atoms with E-state index in [1.54, 1.807) is 6.07 Å². The number of nitrogens with zero attached hydrogens (tertiary/aromatic N) is 1. The molecule has 0 saturated heterocycles. The first-order chi connectivity index (χ1) is 8.69. The van der Waals surface area contributed by atoms with E-state index in [0.29, 0.717) is 30.5 Å². The van der Waals surface area contributed by atoms with E-state index in [0.717, 1.165) is 10.2 Å². The van der Waals surface area contributed by atoms with Crippen molar-refractivity contribution < 1.29 is 9.53 Å². The molecule has 1 heterocycles. The number of benzene rings is 1. The Morgan fingerprint density at radius 1 is 1.56 bits per heavy atom. The Labute approximate surface area is 109 Å². The number of anilines is 2. The van der Waals surface area contributed by atoms with Crippen LogP contribution in [0, 0.1) is 0 Å². The lowest BCUT2D eigenvalue weighted by molar-refractivity contribution is -0.117. The Morgan fingerprint density at radius 2 is 2.39 bits per heavy atom. The maximum absolute atomic E-state index is 11.6. The lowest BCUT2D eigenvalue weighted by atomic mass is 10.3. The molecule has 0 aliphatic heterocycles. The molecule has 2 aromatic rings. The molecule has 0 fully saturated rings. The van der Waals surface area contributed by atoms with Gasteiger partial charge in [-0.2, -0.15) is 0 Å². The standard InChI is InChI=1S/C12H15N3O2S/c1-2-17-6-5-11(16)15-12-14-9-4-3-8(13)7-10(9)18-12/h3-4,7H,2,5-6,13H2,1H3,(H,14,15,16). The molecule has 3 N–H and O–H groups in total. The zero-order valence-corrected chi connectivity index (χ0v) is 10.9. The van der Waals surface area contributed by atoms with Gasteiger partial charge in [-0.3, -0.25) is 4.79 Å². The molecule has 5 nitrogen and oxygen atoms in total. The molecule has 0 radical (unpaired) electrons. The van der Waals surface area contributed by atoms with Crippen molar-refractivity contribution in [1.29, 1.82) is 0 Å². The summed E-state index contributed by atoms with van der Waals surface area (Å²) in [6, 6.07) is 5.49. The molecule has 6 heteroatoms. The Hall–Kier alpha value is -1.66. The monoisotopic (exact) mass is 265 g/mol. The third-order valence-electron chi connectivity index (χ3n) is 2.34. The molecule has 0 bridgehead atoms. The van der Waals surface area contributed by atoms with Crippen LogP contribution in [0.4, 0.5) is 10.8 Å². The van der Waals surface area contributed by atoms with Crippen molar-refractivity contribution in [1.82, 2.24) is 4.98 Å². The van der Waals surface area contributed by atoms with Crippen LogP contribution in [0.2, 0.25) is 0 Å². The van der Waals surface area contributed by atoms with Crippen LogP contribution in [0.1, 0.15) is 13.3 Å². The summed E-state index contributed by atoms with van der Waals surface area (Å²) < 4.78 is 6.09. The third kappa shape index (κ3) is 3.18. The summed E-state index contributed by atoms with van der Waals surface area (Å²) in [6.07, 6.45) is 0.339. The predicted molar refractivity (Wildman–Crippen MR) is 73.8 cm³/mol. The minimum Gasteiger partial charge on any atom is -0.399 e. The van der Waals surface area contributed by atoms with E-state index in [4.69, 9.17) is 10.5 Å². The SMILES string of the molecule is CCOCCC(=O)Nc1nc2ccc(N)cc2s1. The number of amides is 1. The van der Waals surface area contributed by atoms with E-state index in [1.807, 2.05) is 19.1 Å². The summed E-state index contributed by atoms with van der Waals surface area (Å²) in [5, 5.41) is 3.35. The Balaban J connectivity index is 2.01. The van der Waals surface area contributed by atoms with Gasteiger partial charge in [-0.25, -0.2) is 4.98 Å². The summed E-state index contributed by atoms with van der Waals surface area (Å²) in [5.74, 6) is -0.0875. The van der Waals surface area contributed by atoms with Gasteiger partial charge in [0, 0.05) is 12.3 Å². The molecule has 0 aliphatic carbocycles. The van der Waals surface area contributed by atoms with Gasteiger partial charge in [0.2, 0.25) is 5.91 Å². The zero-order valence-electron chi connectivity index (χ0n) is 10.1. The molecule has 1 aromatic carbocycles. The smallest absolute Gasteiger partial charge is 0.228 e. The number of hydrogen-bond donors (Lipinski definition) is 2. The molecule has 2 rings (SSSR count). The van der Waals surface area contributed by atoms with Crippen molar-refractivity contribution in [3.63, 3.8) is 0 Å². The normalized spacial score (nSPS) is 10.7. The van der Waals surface area contributed by atoms with E-state index >= 15 is 0 Å². The molecule has 0 unspecified atom stereocenters. The van der Waals surface area contributed by atoms with Gasteiger partial charge in [0.25, 0.3) is 0 Å². The summed E-state index contributed by atoms with van der Waals surface area (Å²) in [5.41, 5.74) is 7.23. The molecule has 0 aliphatic rings. The van der Waals surface area contributed by atoms with Crippen molar-refractivity contribution in [2.24, 2.45) is 0 Å². The van der Waals surface area contributed by atoms with Gasteiger partial charge in [-0.05, 0) is 25.1 Å². The fourth-order valence-corrected chi connectivity index (χ4v) is 2.42. The summed E-state index contributed by atoms with van der Waals surface area (Å²) >= 11 is 1.42. The highest BCUT2D eigenvalue weighted by atomic mass is 32.1. The van der Waals surface area contributed by atoms with Crippen molar-refractivity contribution in [3.05, 3.63) is 18.2 Å². The average molecular weight is 265 g/mol. The summed E-state index contributed by atoms with van der Waals surface area (Å²) in [4.78, 5) is 15.9. The molecule has 1 aromatic heterocycles. The van der Waals surface area contributed by atoms with Crippen LogP contribution in [0.5, 0.6) is 0 Å². The van der Waals surface area contributed by atoms with Gasteiger partial charge in [0.1, 0.15) is 0 Å².